The first-order valence-electron chi connectivity index (χ1n) is 10.0. The maximum absolute atomic E-state index is 12.3. The molecule has 0 N–H and O–H groups in total. The van der Waals surface area contributed by atoms with Crippen molar-refractivity contribution in [1.82, 2.24) is 15.0 Å². The van der Waals surface area contributed by atoms with Gasteiger partial charge in [-0.2, -0.15) is 4.98 Å². The molecule has 32 heavy (non-hydrogen) atoms. The van der Waals surface area contributed by atoms with E-state index in [0.29, 0.717) is 29.6 Å². The fourth-order valence-electron chi connectivity index (χ4n) is 2.82. The number of hydrogen-bond acceptors (Lipinski definition) is 8. The average molecular weight is 438 g/mol. The van der Waals surface area contributed by atoms with Crippen LogP contribution in [0.3, 0.4) is 0 Å². The Morgan fingerprint density at radius 2 is 1.69 bits per heavy atom. The number of benzene rings is 2. The summed E-state index contributed by atoms with van der Waals surface area (Å²) in [7, 11) is 5.61. The summed E-state index contributed by atoms with van der Waals surface area (Å²) in [6, 6.07) is 14.3. The maximum atomic E-state index is 12.3. The normalized spacial score (nSPS) is 10.5. The van der Waals surface area contributed by atoms with Crippen LogP contribution in [0.2, 0.25) is 0 Å². The third kappa shape index (κ3) is 6.31. The molecule has 0 aliphatic heterocycles. The van der Waals surface area contributed by atoms with Crippen molar-refractivity contribution in [3.05, 3.63) is 71.4 Å². The lowest BCUT2D eigenvalue weighted by atomic mass is 10.2. The zero-order valence-electron chi connectivity index (χ0n) is 18.6. The van der Waals surface area contributed by atoms with Gasteiger partial charge in [0.05, 0.1) is 5.56 Å². The van der Waals surface area contributed by atoms with Crippen molar-refractivity contribution in [3.63, 3.8) is 0 Å². The van der Waals surface area contributed by atoms with Gasteiger partial charge in [-0.1, -0.05) is 17.3 Å². The maximum Gasteiger partial charge on any atom is 0.338 e. The van der Waals surface area contributed by atoms with Crippen LogP contribution in [0.4, 0.5) is 5.69 Å². The van der Waals surface area contributed by atoms with Gasteiger partial charge in [0.2, 0.25) is 11.7 Å². The average Bonchev–Trinajstić information content (AvgIpc) is 3.21. The number of carbonyl (C=O) groups excluding carboxylic acids is 2. The number of anilines is 1. The zero-order chi connectivity index (χ0) is 23.1. The highest BCUT2D eigenvalue weighted by Gasteiger charge is 2.14. The molecule has 0 atom stereocenters. The third-order valence-electron chi connectivity index (χ3n) is 4.65. The second kappa shape index (κ2) is 10.4. The van der Waals surface area contributed by atoms with Gasteiger partial charge in [0.1, 0.15) is 5.75 Å². The summed E-state index contributed by atoms with van der Waals surface area (Å²) in [5.41, 5.74) is 2.39. The van der Waals surface area contributed by atoms with Crippen LogP contribution in [0, 0.1) is 6.92 Å². The minimum atomic E-state index is -0.581. The Bertz CT molecular complexity index is 1050. The molecule has 0 radical (unpaired) electrons. The van der Waals surface area contributed by atoms with Crippen molar-refractivity contribution in [2.75, 3.05) is 32.6 Å². The number of ether oxygens (including phenoxy) is 2. The number of amides is 1. The number of aromatic nitrogens is 2. The molecule has 0 unspecified atom stereocenters. The predicted octanol–water partition coefficient (Wildman–Crippen LogP) is 2.84. The van der Waals surface area contributed by atoms with E-state index in [1.54, 1.807) is 38.2 Å². The Balaban J connectivity index is 1.45. The molecular formula is C23H26N4O5. The van der Waals surface area contributed by atoms with Crippen LogP contribution in [0.1, 0.15) is 27.6 Å². The zero-order valence-corrected chi connectivity index (χ0v) is 18.6. The van der Waals surface area contributed by atoms with Gasteiger partial charge in [-0.05, 0) is 42.0 Å². The molecule has 3 aromatic rings. The predicted molar refractivity (Wildman–Crippen MR) is 117 cm³/mol. The number of rotatable bonds is 9. The van der Waals surface area contributed by atoms with E-state index in [-0.39, 0.29) is 19.1 Å². The Kier molecular flexibility index (Phi) is 7.43. The molecule has 0 saturated heterocycles. The molecule has 1 amide bonds. The highest BCUT2D eigenvalue weighted by molar-refractivity contribution is 5.91. The second-order valence-corrected chi connectivity index (χ2v) is 7.43. The highest BCUT2D eigenvalue weighted by Crippen LogP contribution is 2.15. The van der Waals surface area contributed by atoms with E-state index in [9.17, 15) is 9.59 Å². The van der Waals surface area contributed by atoms with Gasteiger partial charge in [0.15, 0.2) is 13.2 Å². The highest BCUT2D eigenvalue weighted by atomic mass is 16.5. The molecule has 2 aromatic carbocycles. The summed E-state index contributed by atoms with van der Waals surface area (Å²) >= 11 is 0. The number of likely N-dealkylation sites (N-methyl/N-ethyl adjacent to an activating group) is 1. The van der Waals surface area contributed by atoms with E-state index >= 15 is 0 Å². The summed E-state index contributed by atoms with van der Waals surface area (Å²) in [5.74, 6) is 0.569. The SMILES string of the molecule is Cc1nc(COc2ccc(C(=O)OCC(=O)N(C)Cc3ccc(N(C)C)cc3)cc2)no1. The first-order valence-corrected chi connectivity index (χ1v) is 10.0. The lowest BCUT2D eigenvalue weighted by Gasteiger charge is -2.18. The number of nitrogens with zero attached hydrogens (tertiary/aromatic N) is 4. The smallest absolute Gasteiger partial charge is 0.338 e. The quantitative estimate of drug-likeness (QED) is 0.471. The first-order chi connectivity index (χ1) is 15.3. The van der Waals surface area contributed by atoms with Crippen LogP contribution in [-0.4, -0.2) is 54.7 Å². The van der Waals surface area contributed by atoms with E-state index < -0.39 is 5.97 Å². The molecule has 9 nitrogen and oxygen atoms in total. The standard InChI is InChI=1S/C23H26N4O5/c1-16-24-21(25-32-16)14-30-20-11-7-18(8-12-20)23(29)31-15-22(28)27(4)13-17-5-9-19(10-6-17)26(2)3/h5-12H,13-15H2,1-4H3. The monoisotopic (exact) mass is 438 g/mol. The fourth-order valence-corrected chi connectivity index (χ4v) is 2.82. The molecule has 0 spiro atoms. The second-order valence-electron chi connectivity index (χ2n) is 7.43. The van der Waals surface area contributed by atoms with Gasteiger partial charge in [0.25, 0.3) is 5.91 Å². The Morgan fingerprint density at radius 1 is 1.00 bits per heavy atom. The Morgan fingerprint density at radius 3 is 2.28 bits per heavy atom. The van der Waals surface area contributed by atoms with E-state index in [2.05, 4.69) is 10.1 Å². The molecule has 0 fully saturated rings. The topological polar surface area (TPSA) is 98.0 Å². The molecular weight excluding hydrogens is 412 g/mol. The summed E-state index contributed by atoms with van der Waals surface area (Å²) < 4.78 is 15.6. The van der Waals surface area contributed by atoms with E-state index in [0.717, 1.165) is 11.3 Å². The minimum Gasteiger partial charge on any atom is -0.485 e. The van der Waals surface area contributed by atoms with Gasteiger partial charge in [-0.15, -0.1) is 0 Å². The van der Waals surface area contributed by atoms with Crippen LogP contribution < -0.4 is 9.64 Å². The van der Waals surface area contributed by atoms with Gasteiger partial charge in [-0.25, -0.2) is 4.79 Å². The van der Waals surface area contributed by atoms with Gasteiger partial charge < -0.3 is 23.8 Å². The molecule has 0 bridgehead atoms. The van der Waals surface area contributed by atoms with Crippen LogP contribution >= 0.6 is 0 Å². The molecule has 0 aliphatic carbocycles. The van der Waals surface area contributed by atoms with E-state index in [1.807, 2.05) is 43.3 Å². The van der Waals surface area contributed by atoms with Crippen molar-refractivity contribution in [3.8, 4) is 5.75 Å². The summed E-state index contributed by atoms with van der Waals surface area (Å²) in [4.78, 5) is 32.2. The molecule has 168 valence electrons. The minimum absolute atomic E-state index is 0.153. The summed E-state index contributed by atoms with van der Waals surface area (Å²) in [6.07, 6.45) is 0. The van der Waals surface area contributed by atoms with Crippen molar-refractivity contribution >= 4 is 17.6 Å². The van der Waals surface area contributed by atoms with Crippen molar-refractivity contribution < 1.29 is 23.6 Å². The fraction of sp³-hybridized carbons (Fsp3) is 0.304. The lowest BCUT2D eigenvalue weighted by molar-refractivity contribution is -0.133. The van der Waals surface area contributed by atoms with Crippen molar-refractivity contribution in [2.45, 2.75) is 20.1 Å². The molecule has 0 aliphatic rings. The molecule has 1 heterocycles. The molecule has 0 saturated carbocycles. The van der Waals surface area contributed by atoms with Crippen molar-refractivity contribution in [2.24, 2.45) is 0 Å². The van der Waals surface area contributed by atoms with Gasteiger partial charge in [-0.3, -0.25) is 4.79 Å². The summed E-state index contributed by atoms with van der Waals surface area (Å²) in [5, 5.41) is 3.75. The molecule has 1 aromatic heterocycles. The number of esters is 1. The van der Waals surface area contributed by atoms with Crippen LogP contribution in [-0.2, 0) is 22.7 Å². The van der Waals surface area contributed by atoms with Gasteiger partial charge in [0, 0.05) is 40.3 Å². The first kappa shape index (κ1) is 22.8. The lowest BCUT2D eigenvalue weighted by Crippen LogP contribution is -2.30. The van der Waals surface area contributed by atoms with E-state index in [4.69, 9.17) is 14.0 Å². The van der Waals surface area contributed by atoms with E-state index in [1.165, 1.54) is 4.90 Å². The van der Waals surface area contributed by atoms with Crippen LogP contribution in [0.5, 0.6) is 5.75 Å². The summed E-state index contributed by atoms with van der Waals surface area (Å²) in [6.45, 7) is 1.94. The Hall–Kier alpha value is -3.88. The number of aryl methyl sites for hydroxylation is 1. The van der Waals surface area contributed by atoms with Crippen molar-refractivity contribution in [1.29, 1.82) is 0 Å². The van der Waals surface area contributed by atoms with Gasteiger partial charge >= 0.3 is 5.97 Å². The molecule has 9 heteroatoms. The largest absolute Gasteiger partial charge is 0.485 e. The number of carbonyl (C=O) groups is 2. The van der Waals surface area contributed by atoms with Crippen LogP contribution in [0.15, 0.2) is 53.1 Å². The molecule has 3 rings (SSSR count). The Labute approximate surface area is 186 Å². The number of hydrogen-bond donors (Lipinski definition) is 0. The van der Waals surface area contributed by atoms with Crippen LogP contribution in [0.25, 0.3) is 0 Å². The third-order valence-corrected chi connectivity index (χ3v) is 4.65.